The van der Waals surface area contributed by atoms with Crippen LogP contribution in [0.3, 0.4) is 0 Å². The number of thiazole rings is 1. The van der Waals surface area contributed by atoms with Crippen molar-refractivity contribution in [2.75, 3.05) is 25.9 Å². The first-order chi connectivity index (χ1) is 18.6. The molecular weight excluding hydrogens is 570 g/mol. The van der Waals surface area contributed by atoms with E-state index in [9.17, 15) is 32.5 Å². The van der Waals surface area contributed by atoms with Crippen molar-refractivity contribution >= 4 is 50.3 Å². The molecule has 0 radical (unpaired) electrons. The van der Waals surface area contributed by atoms with Crippen LogP contribution in [0.25, 0.3) is 0 Å². The highest BCUT2D eigenvalue weighted by Crippen LogP contribution is 2.26. The molecule has 4 rings (SSSR count). The van der Waals surface area contributed by atoms with Gasteiger partial charge in [-0.3, -0.25) is 9.59 Å². The number of nitrogens with two attached hydrogens (primary N) is 1. The number of carbonyl (C=O) groups excluding carboxylic acids is 2. The standard InChI is InChI=1S/C21H29N9O8S2/c1-21(2,19(33)34)38-27-15(13-11-39-20(22)24-13)17(31)25-16-14(29(18(16)32)40(35,36)37)9-28-23-8-12(26-28)10-30(3)6-4-5-7-30/h8,11,14,16H,4-7,9-10H2,1-3H3,(H4-,22,24,25,31,33,34,35,36,37)/t14-,16+/m1/s1. The third kappa shape index (κ3) is 6.21. The highest BCUT2D eigenvalue weighted by atomic mass is 32.2. The van der Waals surface area contributed by atoms with E-state index in [4.69, 9.17) is 10.6 Å². The molecule has 19 heteroatoms. The molecule has 40 heavy (non-hydrogen) atoms. The Morgan fingerprint density at radius 3 is 2.62 bits per heavy atom. The van der Waals surface area contributed by atoms with Gasteiger partial charge in [-0.2, -0.15) is 15.0 Å². The summed E-state index contributed by atoms with van der Waals surface area (Å²) < 4.78 is 36.4. The quantitative estimate of drug-likeness (QED) is 0.0879. The first-order valence-electron chi connectivity index (χ1n) is 12.1. The lowest BCUT2D eigenvalue weighted by molar-refractivity contribution is -0.911. The van der Waals surface area contributed by atoms with Gasteiger partial charge in [-0.05, 0) is 13.8 Å². The molecule has 2 amide bonds. The molecule has 17 nitrogen and oxygen atoms in total. The van der Waals surface area contributed by atoms with Crippen LogP contribution in [0.2, 0.25) is 0 Å². The number of oxime groups is 1. The van der Waals surface area contributed by atoms with E-state index in [2.05, 4.69) is 32.7 Å². The van der Waals surface area contributed by atoms with Gasteiger partial charge >= 0.3 is 5.97 Å². The molecule has 0 aromatic carbocycles. The molecular formula is C21H29N9O8S2. The average molecular weight is 600 g/mol. The van der Waals surface area contributed by atoms with Crippen LogP contribution >= 0.6 is 11.3 Å². The maximum Gasteiger partial charge on any atom is 0.350 e. The smallest absolute Gasteiger partial charge is 0.350 e. The number of anilines is 1. The van der Waals surface area contributed by atoms with Crippen LogP contribution in [0, 0.1) is 0 Å². The summed E-state index contributed by atoms with van der Waals surface area (Å²) in [4.78, 5) is 47.4. The molecule has 218 valence electrons. The molecule has 2 atom stereocenters. The van der Waals surface area contributed by atoms with Crippen LogP contribution < -0.4 is 11.1 Å². The number of rotatable bonds is 11. The van der Waals surface area contributed by atoms with Crippen LogP contribution in [0.1, 0.15) is 38.1 Å². The fourth-order valence-electron chi connectivity index (χ4n) is 4.45. The van der Waals surface area contributed by atoms with Crippen molar-refractivity contribution in [2.24, 2.45) is 5.16 Å². The molecule has 0 aliphatic carbocycles. The number of hydrogen-bond acceptors (Lipinski definition) is 13. The lowest BCUT2D eigenvalue weighted by Crippen LogP contribution is -2.73. The molecule has 0 bridgehead atoms. The molecule has 2 aliphatic rings. The fourth-order valence-corrected chi connectivity index (χ4v) is 5.85. The van der Waals surface area contributed by atoms with E-state index >= 15 is 0 Å². The summed E-state index contributed by atoms with van der Waals surface area (Å²) in [6.07, 6.45) is 3.74. The molecule has 2 aromatic rings. The van der Waals surface area contributed by atoms with Gasteiger partial charge in [-0.1, -0.05) is 5.16 Å². The molecule has 0 spiro atoms. The number of carboxylic acids is 1. The Bertz CT molecular complexity index is 1450. The van der Waals surface area contributed by atoms with Crippen molar-refractivity contribution in [3.05, 3.63) is 23.0 Å². The minimum Gasteiger partial charge on any atom is -0.731 e. The monoisotopic (exact) mass is 599 g/mol. The zero-order valence-electron chi connectivity index (χ0n) is 21.9. The Morgan fingerprint density at radius 2 is 2.05 bits per heavy atom. The number of likely N-dealkylation sites (tertiary alicyclic amines) is 1. The van der Waals surface area contributed by atoms with E-state index in [0.717, 1.165) is 41.8 Å². The third-order valence-electron chi connectivity index (χ3n) is 6.68. The molecule has 4 N–H and O–H groups in total. The van der Waals surface area contributed by atoms with E-state index in [1.54, 1.807) is 0 Å². The number of nitrogens with zero attached hydrogens (tertiary/aromatic N) is 7. The number of aliphatic carboxylic acids is 1. The van der Waals surface area contributed by atoms with Crippen molar-refractivity contribution in [3.8, 4) is 0 Å². The maximum atomic E-state index is 13.2. The summed E-state index contributed by atoms with van der Waals surface area (Å²) in [7, 11) is -3.12. The Labute approximate surface area is 233 Å². The first kappa shape index (κ1) is 29.3. The van der Waals surface area contributed by atoms with Gasteiger partial charge in [0.25, 0.3) is 11.8 Å². The Morgan fingerprint density at radius 1 is 1.38 bits per heavy atom. The molecule has 2 aliphatic heterocycles. The summed E-state index contributed by atoms with van der Waals surface area (Å²) in [6.45, 7) is 4.68. The van der Waals surface area contributed by atoms with Gasteiger partial charge in [-0.25, -0.2) is 22.5 Å². The van der Waals surface area contributed by atoms with E-state index in [0.29, 0.717) is 12.2 Å². The van der Waals surface area contributed by atoms with Gasteiger partial charge in [-0.15, -0.1) is 11.3 Å². The number of aromatic nitrogens is 4. The van der Waals surface area contributed by atoms with E-state index in [1.807, 2.05) is 0 Å². The topological polar surface area (TPSA) is 235 Å². The number of hydrogen-bond donors (Lipinski definition) is 3. The second kappa shape index (κ2) is 10.7. The second-order valence-corrected chi connectivity index (χ2v) is 12.5. The number of nitrogen functional groups attached to an aromatic ring is 1. The van der Waals surface area contributed by atoms with Gasteiger partial charge in [0, 0.05) is 18.2 Å². The third-order valence-corrected chi connectivity index (χ3v) is 8.29. The van der Waals surface area contributed by atoms with Crippen LogP contribution in [0.4, 0.5) is 5.13 Å². The SMILES string of the molecule is CC(C)(ON=C(C(=O)N[C@@H]1C(=O)N(S(=O)(=O)[O-])[C@@H]1Cn1ncc(C[N+]2(C)CCCC2)n1)c1csc(N)n1)C(=O)O. The molecule has 2 fully saturated rings. The Kier molecular flexibility index (Phi) is 7.85. The second-order valence-electron chi connectivity index (χ2n) is 10.4. The molecule has 4 heterocycles. The van der Waals surface area contributed by atoms with Crippen molar-refractivity contribution < 1.29 is 41.8 Å². The maximum absolute atomic E-state index is 13.2. The summed E-state index contributed by atoms with van der Waals surface area (Å²) in [5.74, 6) is -3.58. The number of β-lactam (4-membered cyclic amide) rings is 1. The zero-order chi connectivity index (χ0) is 29.5. The Hall–Kier alpha value is -3.68. The normalized spacial score (nSPS) is 21.2. The summed E-state index contributed by atoms with van der Waals surface area (Å²) in [5, 5.41) is 25.2. The Balaban J connectivity index is 1.55. The van der Waals surface area contributed by atoms with Gasteiger partial charge in [0.15, 0.2) is 21.1 Å². The van der Waals surface area contributed by atoms with Gasteiger partial charge < -0.3 is 30.0 Å². The minimum atomic E-state index is -5.22. The number of carboxylic acid groups (broad SMARTS) is 1. The predicted octanol–water partition coefficient (Wildman–Crippen LogP) is -1.50. The highest BCUT2D eigenvalue weighted by Gasteiger charge is 2.52. The van der Waals surface area contributed by atoms with Crippen molar-refractivity contribution in [1.82, 2.24) is 29.6 Å². The van der Waals surface area contributed by atoms with Gasteiger partial charge in [0.05, 0.1) is 38.9 Å². The van der Waals surface area contributed by atoms with Crippen molar-refractivity contribution in [1.29, 1.82) is 0 Å². The van der Waals surface area contributed by atoms with Crippen LogP contribution in [-0.2, 0) is 42.6 Å². The summed E-state index contributed by atoms with van der Waals surface area (Å²) >= 11 is 0.965. The molecule has 0 saturated carbocycles. The van der Waals surface area contributed by atoms with Gasteiger partial charge in [0.2, 0.25) is 5.60 Å². The number of amides is 2. The highest BCUT2D eigenvalue weighted by molar-refractivity contribution is 7.84. The number of nitrogens with one attached hydrogen (secondary N) is 1. The van der Waals surface area contributed by atoms with Crippen LogP contribution in [0.15, 0.2) is 16.7 Å². The fraction of sp³-hybridized carbons (Fsp3) is 0.571. The minimum absolute atomic E-state index is 0.0693. The largest absolute Gasteiger partial charge is 0.731 e. The van der Waals surface area contributed by atoms with Crippen LogP contribution in [0.5, 0.6) is 0 Å². The van der Waals surface area contributed by atoms with Gasteiger partial charge in [0.1, 0.15) is 24.0 Å². The number of carbonyl (C=O) groups is 3. The average Bonchev–Trinajstić information content (AvgIpc) is 3.58. The predicted molar refractivity (Wildman–Crippen MR) is 137 cm³/mol. The van der Waals surface area contributed by atoms with E-state index in [1.165, 1.54) is 30.2 Å². The lowest BCUT2D eigenvalue weighted by atomic mass is 9.98. The van der Waals surface area contributed by atoms with Crippen molar-refractivity contribution in [3.63, 3.8) is 0 Å². The van der Waals surface area contributed by atoms with E-state index in [-0.39, 0.29) is 21.7 Å². The first-order valence-corrected chi connectivity index (χ1v) is 14.4. The van der Waals surface area contributed by atoms with Crippen LogP contribution in [-0.4, -0.2) is 108 Å². The summed E-state index contributed by atoms with van der Waals surface area (Å²) in [6, 6.07) is -2.81. The molecule has 2 saturated heterocycles. The molecule has 0 unspecified atom stereocenters. The lowest BCUT2D eigenvalue weighted by Gasteiger charge is -2.46. The van der Waals surface area contributed by atoms with E-state index < -0.39 is 51.5 Å². The summed E-state index contributed by atoms with van der Waals surface area (Å²) in [5.41, 5.74) is 3.89. The molecule has 2 aromatic heterocycles. The number of quaternary nitrogens is 1. The zero-order valence-corrected chi connectivity index (χ0v) is 23.5. The van der Waals surface area contributed by atoms with Crippen molar-refractivity contribution in [2.45, 2.75) is 57.5 Å².